The van der Waals surface area contributed by atoms with Crippen LogP contribution in [0.2, 0.25) is 0 Å². The molecule has 2 heterocycles. The first kappa shape index (κ1) is 18.3. The Hall–Kier alpha value is -2.51. The number of nitrogens with zero attached hydrogens (tertiary/aromatic N) is 1. The van der Waals surface area contributed by atoms with E-state index in [1.54, 1.807) is 23.5 Å². The molecule has 2 amide bonds. The van der Waals surface area contributed by atoms with E-state index in [9.17, 15) is 9.59 Å². The second-order valence-corrected chi connectivity index (χ2v) is 7.47. The third-order valence-electron chi connectivity index (χ3n) is 3.75. The maximum atomic E-state index is 12.5. The number of hydrogen-bond acceptors (Lipinski definition) is 5. The molecule has 0 unspecified atom stereocenters. The van der Waals surface area contributed by atoms with E-state index in [4.69, 9.17) is 0 Å². The van der Waals surface area contributed by atoms with Crippen LogP contribution in [0.5, 0.6) is 0 Å². The van der Waals surface area contributed by atoms with Gasteiger partial charge in [0.15, 0.2) is 0 Å². The monoisotopic (exact) mass is 385 g/mol. The summed E-state index contributed by atoms with van der Waals surface area (Å²) in [5, 5.41) is 10.6. The van der Waals surface area contributed by atoms with E-state index in [2.05, 4.69) is 15.6 Å². The molecule has 7 heteroatoms. The van der Waals surface area contributed by atoms with Crippen molar-refractivity contribution >= 4 is 34.5 Å². The largest absolute Gasteiger partial charge is 0.352 e. The van der Waals surface area contributed by atoms with Gasteiger partial charge in [0.25, 0.3) is 11.8 Å². The van der Waals surface area contributed by atoms with Crippen molar-refractivity contribution in [3.63, 3.8) is 0 Å². The van der Waals surface area contributed by atoms with E-state index in [1.165, 1.54) is 11.3 Å². The molecule has 0 atom stereocenters. The van der Waals surface area contributed by atoms with Crippen molar-refractivity contribution < 1.29 is 9.59 Å². The number of amides is 2. The molecule has 3 aromatic rings. The first-order valence-electron chi connectivity index (χ1n) is 8.23. The Kier molecular flexibility index (Phi) is 5.80. The van der Waals surface area contributed by atoms with Crippen molar-refractivity contribution in [2.45, 2.75) is 20.4 Å². The average molecular weight is 386 g/mol. The molecular weight excluding hydrogens is 366 g/mol. The van der Waals surface area contributed by atoms with Crippen molar-refractivity contribution in [3.8, 4) is 10.6 Å². The van der Waals surface area contributed by atoms with Gasteiger partial charge in [-0.1, -0.05) is 12.1 Å². The highest BCUT2D eigenvalue weighted by Crippen LogP contribution is 2.29. The summed E-state index contributed by atoms with van der Waals surface area (Å²) >= 11 is 3.00. The smallest absolute Gasteiger partial charge is 0.263 e. The van der Waals surface area contributed by atoms with Gasteiger partial charge in [0.2, 0.25) is 0 Å². The van der Waals surface area contributed by atoms with Crippen LogP contribution in [0.4, 0.5) is 0 Å². The van der Waals surface area contributed by atoms with E-state index in [-0.39, 0.29) is 11.8 Å². The van der Waals surface area contributed by atoms with E-state index < -0.39 is 0 Å². The fraction of sp³-hybridized carbons (Fsp3) is 0.211. The third kappa shape index (κ3) is 4.17. The van der Waals surface area contributed by atoms with Crippen LogP contribution in [0.25, 0.3) is 10.6 Å². The SMILES string of the molecule is CCNC(=O)c1cccc(CNC(=O)c2sc(-c3ccsc3)nc2C)c1. The minimum atomic E-state index is -0.148. The van der Waals surface area contributed by atoms with Gasteiger partial charge in [-0.05, 0) is 43.0 Å². The van der Waals surface area contributed by atoms with E-state index in [1.807, 2.05) is 42.8 Å². The van der Waals surface area contributed by atoms with Crippen LogP contribution in [0.1, 0.15) is 38.2 Å². The van der Waals surface area contributed by atoms with Gasteiger partial charge < -0.3 is 10.6 Å². The lowest BCUT2D eigenvalue weighted by Crippen LogP contribution is -2.24. The fourth-order valence-electron chi connectivity index (χ4n) is 2.46. The predicted molar refractivity (Wildman–Crippen MR) is 106 cm³/mol. The summed E-state index contributed by atoms with van der Waals surface area (Å²) in [6, 6.07) is 9.26. The van der Waals surface area contributed by atoms with E-state index in [0.29, 0.717) is 23.5 Å². The molecule has 2 aromatic heterocycles. The molecule has 0 aliphatic rings. The molecule has 0 bridgehead atoms. The zero-order valence-electron chi connectivity index (χ0n) is 14.5. The molecule has 134 valence electrons. The molecule has 0 fully saturated rings. The average Bonchev–Trinajstić information content (AvgIpc) is 3.29. The van der Waals surface area contributed by atoms with Gasteiger partial charge in [-0.2, -0.15) is 11.3 Å². The maximum Gasteiger partial charge on any atom is 0.263 e. The Morgan fingerprint density at radius 2 is 2.00 bits per heavy atom. The van der Waals surface area contributed by atoms with Crippen molar-refractivity contribution in [3.05, 3.63) is 62.8 Å². The summed E-state index contributed by atoms with van der Waals surface area (Å²) in [6.45, 7) is 4.66. The molecule has 0 spiro atoms. The lowest BCUT2D eigenvalue weighted by Gasteiger charge is -2.07. The maximum absolute atomic E-state index is 12.5. The summed E-state index contributed by atoms with van der Waals surface area (Å²) in [5.74, 6) is -0.260. The van der Waals surface area contributed by atoms with Gasteiger partial charge in [-0.25, -0.2) is 4.98 Å². The van der Waals surface area contributed by atoms with Gasteiger partial charge in [0.1, 0.15) is 9.88 Å². The van der Waals surface area contributed by atoms with Crippen LogP contribution in [-0.4, -0.2) is 23.3 Å². The highest BCUT2D eigenvalue weighted by Gasteiger charge is 2.16. The minimum Gasteiger partial charge on any atom is -0.352 e. The van der Waals surface area contributed by atoms with Gasteiger partial charge in [-0.15, -0.1) is 11.3 Å². The van der Waals surface area contributed by atoms with Crippen molar-refractivity contribution in [2.24, 2.45) is 0 Å². The zero-order valence-corrected chi connectivity index (χ0v) is 16.2. The Bertz CT molecular complexity index is 917. The quantitative estimate of drug-likeness (QED) is 0.677. The van der Waals surface area contributed by atoms with Crippen LogP contribution in [-0.2, 0) is 6.54 Å². The Balaban J connectivity index is 1.68. The normalized spacial score (nSPS) is 10.5. The molecule has 26 heavy (non-hydrogen) atoms. The number of thiazole rings is 1. The summed E-state index contributed by atoms with van der Waals surface area (Å²) in [6.07, 6.45) is 0. The zero-order chi connectivity index (χ0) is 18.5. The number of carbonyl (C=O) groups is 2. The second kappa shape index (κ2) is 8.25. The van der Waals surface area contributed by atoms with E-state index >= 15 is 0 Å². The number of benzene rings is 1. The number of aromatic nitrogens is 1. The fourth-order valence-corrected chi connectivity index (χ4v) is 4.16. The highest BCUT2D eigenvalue weighted by molar-refractivity contribution is 7.17. The van der Waals surface area contributed by atoms with Crippen LogP contribution < -0.4 is 10.6 Å². The molecule has 3 rings (SSSR count). The number of carbonyl (C=O) groups excluding carboxylic acids is 2. The first-order chi connectivity index (χ1) is 12.6. The molecular formula is C19H19N3O2S2. The lowest BCUT2D eigenvalue weighted by molar-refractivity contribution is 0.0949. The lowest BCUT2D eigenvalue weighted by atomic mass is 10.1. The van der Waals surface area contributed by atoms with Gasteiger partial charge >= 0.3 is 0 Å². The molecule has 2 N–H and O–H groups in total. The molecule has 0 radical (unpaired) electrons. The van der Waals surface area contributed by atoms with Crippen molar-refractivity contribution in [1.29, 1.82) is 0 Å². The van der Waals surface area contributed by atoms with Crippen LogP contribution in [0.3, 0.4) is 0 Å². The Morgan fingerprint density at radius 1 is 1.15 bits per heavy atom. The minimum absolute atomic E-state index is 0.112. The van der Waals surface area contributed by atoms with Crippen molar-refractivity contribution in [1.82, 2.24) is 15.6 Å². The number of rotatable bonds is 6. The first-order valence-corrected chi connectivity index (χ1v) is 9.99. The number of aryl methyl sites for hydroxylation is 1. The summed E-state index contributed by atoms with van der Waals surface area (Å²) < 4.78 is 0. The van der Waals surface area contributed by atoms with Gasteiger partial charge in [-0.3, -0.25) is 9.59 Å². The summed E-state index contributed by atoms with van der Waals surface area (Å²) in [5.41, 5.74) is 3.23. The Morgan fingerprint density at radius 3 is 2.73 bits per heavy atom. The van der Waals surface area contributed by atoms with Gasteiger partial charge in [0.05, 0.1) is 5.69 Å². The number of thiophene rings is 1. The standard InChI is InChI=1S/C19H19N3O2S2/c1-3-20-17(23)14-6-4-5-13(9-14)10-21-18(24)16-12(2)22-19(26-16)15-7-8-25-11-15/h4-9,11H,3,10H2,1-2H3,(H,20,23)(H,21,24). The summed E-state index contributed by atoms with van der Waals surface area (Å²) in [7, 11) is 0. The molecule has 1 aromatic carbocycles. The van der Waals surface area contributed by atoms with Crippen LogP contribution in [0, 0.1) is 6.92 Å². The van der Waals surface area contributed by atoms with Gasteiger partial charge in [0, 0.05) is 29.6 Å². The molecule has 5 nitrogen and oxygen atoms in total. The molecule has 0 saturated heterocycles. The second-order valence-electron chi connectivity index (χ2n) is 5.69. The topological polar surface area (TPSA) is 71.1 Å². The predicted octanol–water partition coefficient (Wildman–Crippen LogP) is 3.86. The molecule has 0 saturated carbocycles. The number of nitrogens with one attached hydrogen (secondary N) is 2. The van der Waals surface area contributed by atoms with Crippen molar-refractivity contribution in [2.75, 3.05) is 6.54 Å². The summed E-state index contributed by atoms with van der Waals surface area (Å²) in [4.78, 5) is 29.6. The molecule has 0 aliphatic carbocycles. The number of hydrogen-bond donors (Lipinski definition) is 2. The highest BCUT2D eigenvalue weighted by atomic mass is 32.1. The Labute approximate surface area is 160 Å². The van der Waals surface area contributed by atoms with Crippen LogP contribution in [0.15, 0.2) is 41.1 Å². The van der Waals surface area contributed by atoms with E-state index in [0.717, 1.165) is 21.8 Å². The van der Waals surface area contributed by atoms with Crippen LogP contribution >= 0.6 is 22.7 Å². The molecule has 0 aliphatic heterocycles. The third-order valence-corrected chi connectivity index (χ3v) is 5.64.